The van der Waals surface area contributed by atoms with Gasteiger partial charge in [-0.25, -0.2) is 9.67 Å². The van der Waals surface area contributed by atoms with Crippen molar-refractivity contribution >= 4 is 17.3 Å². The zero-order valence-corrected chi connectivity index (χ0v) is 15.0. The number of hydrogen-bond acceptors (Lipinski definition) is 8. The summed E-state index contributed by atoms with van der Waals surface area (Å²) in [6.07, 6.45) is 2.65. The number of carbonyl (C=O) groups excluding carboxylic acids is 1. The summed E-state index contributed by atoms with van der Waals surface area (Å²) in [5.74, 6) is -1.04. The number of benzene rings is 1. The molecule has 0 bridgehead atoms. The van der Waals surface area contributed by atoms with E-state index in [1.807, 2.05) is 0 Å². The molecule has 2 heterocycles. The number of aromatic nitrogens is 5. The van der Waals surface area contributed by atoms with Crippen LogP contribution in [0.5, 0.6) is 5.75 Å². The molecule has 2 N–H and O–H groups in total. The fraction of sp³-hybridized carbons (Fsp3) is 0.235. The predicted molar refractivity (Wildman–Crippen MR) is 97.8 cm³/mol. The van der Waals surface area contributed by atoms with E-state index >= 15 is 0 Å². The van der Waals surface area contributed by atoms with Gasteiger partial charge in [0, 0.05) is 23.8 Å². The van der Waals surface area contributed by atoms with Gasteiger partial charge < -0.3 is 20.1 Å². The van der Waals surface area contributed by atoms with E-state index in [4.69, 9.17) is 8.85 Å². The summed E-state index contributed by atoms with van der Waals surface area (Å²) in [5, 5.41) is 15.9. The van der Waals surface area contributed by atoms with Crippen molar-refractivity contribution in [1.82, 2.24) is 30.3 Å². The van der Waals surface area contributed by atoms with E-state index in [0.717, 1.165) is 0 Å². The van der Waals surface area contributed by atoms with Crippen molar-refractivity contribution in [2.75, 3.05) is 19.4 Å². The molecule has 0 saturated heterocycles. The number of hydrogen-bond donors (Lipinski definition) is 2. The number of ether oxygens (including phenoxy) is 2. The van der Waals surface area contributed by atoms with Crippen LogP contribution in [-0.2, 0) is 11.5 Å². The summed E-state index contributed by atoms with van der Waals surface area (Å²) in [5.41, 5.74) is 0.113. The number of halogens is 2. The first-order valence-corrected chi connectivity index (χ1v) is 8.05. The Bertz CT molecular complexity index is 1100. The molecule has 1 aromatic carbocycles. The van der Waals surface area contributed by atoms with Gasteiger partial charge in [-0.1, -0.05) is 0 Å². The van der Waals surface area contributed by atoms with Gasteiger partial charge >= 0.3 is 6.61 Å². The molecule has 12 heteroatoms. The topological polar surface area (TPSA) is 116 Å². The van der Waals surface area contributed by atoms with Gasteiger partial charge in [-0.15, -0.1) is 10.2 Å². The Labute approximate surface area is 168 Å². The van der Waals surface area contributed by atoms with Crippen molar-refractivity contribution in [2.45, 2.75) is 13.3 Å². The van der Waals surface area contributed by atoms with Gasteiger partial charge in [0.15, 0.2) is 11.5 Å². The highest BCUT2D eigenvalue weighted by atomic mass is 19.3. The van der Waals surface area contributed by atoms with Crippen LogP contribution in [0.3, 0.4) is 0 Å². The molecule has 29 heavy (non-hydrogen) atoms. The van der Waals surface area contributed by atoms with Crippen molar-refractivity contribution in [3.63, 3.8) is 0 Å². The van der Waals surface area contributed by atoms with E-state index in [1.165, 1.54) is 42.5 Å². The van der Waals surface area contributed by atoms with Crippen molar-refractivity contribution in [1.29, 1.82) is 0 Å². The van der Waals surface area contributed by atoms with Crippen LogP contribution in [0.4, 0.5) is 20.2 Å². The zero-order chi connectivity index (χ0) is 23.3. The van der Waals surface area contributed by atoms with Crippen LogP contribution >= 0.6 is 0 Å². The maximum atomic E-state index is 13.0. The first-order chi connectivity index (χ1) is 15.2. The average Bonchev–Trinajstić information content (AvgIpc) is 3.17. The van der Waals surface area contributed by atoms with E-state index in [2.05, 4.69) is 30.3 Å². The third-order valence-electron chi connectivity index (χ3n) is 3.57. The lowest BCUT2D eigenvalue weighted by Crippen LogP contribution is -2.21. The van der Waals surface area contributed by atoms with Gasteiger partial charge in [0.2, 0.25) is 0 Å². The van der Waals surface area contributed by atoms with Crippen molar-refractivity contribution in [2.24, 2.45) is 0 Å². The Kier molecular flexibility index (Phi) is 5.07. The Balaban J connectivity index is 1.93. The lowest BCUT2D eigenvalue weighted by atomic mass is 10.1. The van der Waals surface area contributed by atoms with Gasteiger partial charge in [0.1, 0.15) is 18.8 Å². The normalized spacial score (nSPS) is 12.8. The molecule has 1 amide bonds. The Morgan fingerprint density at radius 2 is 2.21 bits per heavy atom. The van der Waals surface area contributed by atoms with E-state index < -0.39 is 19.5 Å². The molecule has 2 aromatic heterocycles. The fourth-order valence-corrected chi connectivity index (χ4v) is 2.38. The predicted octanol–water partition coefficient (Wildman–Crippen LogP) is 2.04. The van der Waals surface area contributed by atoms with Crippen molar-refractivity contribution in [3.8, 4) is 17.1 Å². The van der Waals surface area contributed by atoms with E-state index in [0.29, 0.717) is 5.56 Å². The van der Waals surface area contributed by atoms with Crippen LogP contribution in [-0.4, -0.2) is 51.6 Å². The molecule has 0 fully saturated rings. The second-order valence-corrected chi connectivity index (χ2v) is 5.49. The Hall–Kier alpha value is -3.67. The molecule has 10 nitrogen and oxygen atoms in total. The minimum Gasteiger partial charge on any atom is -0.433 e. The van der Waals surface area contributed by atoms with Crippen LogP contribution in [0.1, 0.15) is 14.6 Å². The van der Waals surface area contributed by atoms with Crippen molar-refractivity contribution in [3.05, 3.63) is 42.5 Å². The highest BCUT2D eigenvalue weighted by molar-refractivity contribution is 5.98. The maximum Gasteiger partial charge on any atom is 0.387 e. The molecule has 0 aliphatic heterocycles. The molecule has 3 rings (SSSR count). The van der Waals surface area contributed by atoms with Gasteiger partial charge in [-0.2, -0.15) is 13.9 Å². The molecule has 0 radical (unpaired) electrons. The quantitative estimate of drug-likeness (QED) is 0.582. The number of alkyl halides is 2. The van der Waals surface area contributed by atoms with Gasteiger partial charge in [-0.3, -0.25) is 4.79 Å². The monoisotopic (exact) mass is 408 g/mol. The lowest BCUT2D eigenvalue weighted by molar-refractivity contribution is -0.0493. The Morgan fingerprint density at radius 3 is 2.97 bits per heavy atom. The molecule has 0 aliphatic rings. The zero-order valence-electron chi connectivity index (χ0n) is 18.0. The summed E-state index contributed by atoms with van der Waals surface area (Å²) >= 11 is 0. The second-order valence-electron chi connectivity index (χ2n) is 5.49. The molecule has 0 atom stereocenters. The second kappa shape index (κ2) is 9.01. The summed E-state index contributed by atoms with van der Waals surface area (Å²) in [7, 11) is 1.48. The van der Waals surface area contributed by atoms with E-state index in [-0.39, 0.29) is 35.4 Å². The minimum atomic E-state index is -3.14. The van der Waals surface area contributed by atoms with Crippen LogP contribution in [0, 0.1) is 0 Å². The van der Waals surface area contributed by atoms with E-state index in [1.54, 1.807) is 11.4 Å². The first kappa shape index (κ1) is 16.3. The van der Waals surface area contributed by atoms with Crippen molar-refractivity contribution < 1.29 is 27.2 Å². The first-order valence-electron chi connectivity index (χ1n) is 9.55. The number of carbonyl (C=O) groups is 1. The van der Waals surface area contributed by atoms with Crippen LogP contribution in [0.25, 0.3) is 11.4 Å². The molecule has 3 aromatic rings. The standard InChI is InChI=1S/C17H17F2N7O3/c1-20-16(27)14-12(5-6-22-24-14)23-11-4-3-10(7-13(11)29-17(18)19)15-21-8-26(25-15)9-28-2/h3-8,17H,9H2,1-2H3,(H,20,27)(H,22,23)/i1D3. The lowest BCUT2D eigenvalue weighted by Gasteiger charge is -2.15. The third kappa shape index (κ3) is 4.79. The summed E-state index contributed by atoms with van der Waals surface area (Å²) in [4.78, 5) is 16.3. The summed E-state index contributed by atoms with van der Waals surface area (Å²) in [6.45, 7) is -5.74. The largest absolute Gasteiger partial charge is 0.433 e. The molecule has 0 aliphatic carbocycles. The van der Waals surface area contributed by atoms with E-state index in [9.17, 15) is 13.6 Å². The molecular formula is C17H17F2N7O3. The number of nitrogens with one attached hydrogen (secondary N) is 2. The van der Waals surface area contributed by atoms with Gasteiger partial charge in [0.05, 0.1) is 17.6 Å². The molecule has 0 unspecified atom stereocenters. The summed E-state index contributed by atoms with van der Waals surface area (Å²) in [6, 6.07) is 5.58. The van der Waals surface area contributed by atoms with Gasteiger partial charge in [-0.05, 0) is 24.3 Å². The molecule has 0 saturated carbocycles. The highest BCUT2D eigenvalue weighted by Crippen LogP contribution is 2.33. The molecule has 152 valence electrons. The third-order valence-corrected chi connectivity index (χ3v) is 3.57. The highest BCUT2D eigenvalue weighted by Gasteiger charge is 2.17. The van der Waals surface area contributed by atoms with Crippen LogP contribution < -0.4 is 15.4 Å². The van der Waals surface area contributed by atoms with Crippen LogP contribution in [0.2, 0.25) is 0 Å². The number of nitrogens with zero attached hydrogens (tertiary/aromatic N) is 5. The smallest absolute Gasteiger partial charge is 0.387 e. The van der Waals surface area contributed by atoms with Crippen LogP contribution in [0.15, 0.2) is 36.8 Å². The van der Waals surface area contributed by atoms with Gasteiger partial charge in [0.25, 0.3) is 5.91 Å². The number of amides is 1. The fourth-order valence-electron chi connectivity index (χ4n) is 2.38. The number of methoxy groups -OCH3 is 1. The summed E-state index contributed by atoms with van der Waals surface area (Å²) < 4.78 is 58.5. The number of anilines is 2. The number of rotatable bonds is 8. The molecule has 0 spiro atoms. The Morgan fingerprint density at radius 1 is 1.34 bits per heavy atom. The average molecular weight is 408 g/mol. The molecular weight excluding hydrogens is 388 g/mol. The minimum absolute atomic E-state index is 0.0242. The maximum absolute atomic E-state index is 13.0. The SMILES string of the molecule is [2H]C([2H])([2H])NC(=O)c1nnccc1Nc1ccc(-c2ncn(COC)n2)cc1OC(F)F.